The summed E-state index contributed by atoms with van der Waals surface area (Å²) in [6.07, 6.45) is 4.72. The van der Waals surface area contributed by atoms with Crippen LogP contribution in [0, 0.1) is 0 Å². The lowest BCUT2D eigenvalue weighted by atomic mass is 9.98. The van der Waals surface area contributed by atoms with Gasteiger partial charge in [-0.2, -0.15) is 0 Å². The number of nitrogens with one attached hydrogen (secondary N) is 2. The van der Waals surface area contributed by atoms with Crippen molar-refractivity contribution in [1.82, 2.24) is 10.6 Å². The Kier molecular flexibility index (Phi) is 3.14. The van der Waals surface area contributed by atoms with Gasteiger partial charge in [-0.25, -0.2) is 0 Å². The smallest absolute Gasteiger partial charge is 0.243 e. The van der Waals surface area contributed by atoms with Crippen molar-refractivity contribution in [2.45, 2.75) is 50.1 Å². The summed E-state index contributed by atoms with van der Waals surface area (Å²) in [4.78, 5) is 22.9. The molecule has 0 radical (unpaired) electrons. The Hall–Kier alpha value is -1.10. The quantitative estimate of drug-likeness (QED) is 0.617. The first kappa shape index (κ1) is 11.4. The van der Waals surface area contributed by atoms with Gasteiger partial charge < -0.3 is 15.7 Å². The molecular weight excluding hydrogens is 208 g/mol. The van der Waals surface area contributed by atoms with Gasteiger partial charge in [-0.3, -0.25) is 9.59 Å². The molecule has 1 unspecified atom stereocenters. The van der Waals surface area contributed by atoms with Crippen LogP contribution in [0.25, 0.3) is 0 Å². The molecule has 0 aromatic carbocycles. The Morgan fingerprint density at radius 3 is 2.69 bits per heavy atom. The molecular formula is C11H18N2O3. The second-order valence-corrected chi connectivity index (χ2v) is 4.79. The molecule has 5 heteroatoms. The number of aliphatic hydroxyl groups excluding tert-OH is 1. The molecule has 2 amide bonds. The number of amides is 2. The van der Waals surface area contributed by atoms with E-state index in [0.717, 1.165) is 25.7 Å². The lowest BCUT2D eigenvalue weighted by molar-refractivity contribution is -0.127. The molecule has 1 heterocycles. The summed E-state index contributed by atoms with van der Waals surface area (Å²) in [6, 6.07) is -0.406. The number of carbonyl (C=O) groups is 2. The SMILES string of the molecule is O=C1CCC(C(=O)NC2(CO)CCCC2)N1. The average molecular weight is 226 g/mol. The molecule has 90 valence electrons. The van der Waals surface area contributed by atoms with Crippen LogP contribution in [0.4, 0.5) is 0 Å². The van der Waals surface area contributed by atoms with Crippen LogP contribution in [0.3, 0.4) is 0 Å². The van der Waals surface area contributed by atoms with Crippen LogP contribution < -0.4 is 10.6 Å². The molecule has 5 nitrogen and oxygen atoms in total. The van der Waals surface area contributed by atoms with Crippen molar-refractivity contribution in [1.29, 1.82) is 0 Å². The maximum absolute atomic E-state index is 11.9. The predicted molar refractivity (Wildman–Crippen MR) is 57.6 cm³/mol. The van der Waals surface area contributed by atoms with Crippen molar-refractivity contribution in [3.63, 3.8) is 0 Å². The molecule has 1 aliphatic carbocycles. The van der Waals surface area contributed by atoms with Crippen molar-refractivity contribution < 1.29 is 14.7 Å². The zero-order chi connectivity index (χ0) is 11.6. The van der Waals surface area contributed by atoms with Crippen LogP contribution >= 0.6 is 0 Å². The minimum absolute atomic E-state index is 0.0145. The molecule has 2 rings (SSSR count). The van der Waals surface area contributed by atoms with E-state index in [1.165, 1.54) is 0 Å². The van der Waals surface area contributed by atoms with Gasteiger partial charge in [-0.05, 0) is 19.3 Å². The summed E-state index contributed by atoms with van der Waals surface area (Å²) in [5.74, 6) is -0.216. The number of rotatable bonds is 3. The van der Waals surface area contributed by atoms with Crippen molar-refractivity contribution in [3.05, 3.63) is 0 Å². The van der Waals surface area contributed by atoms with Gasteiger partial charge in [0.15, 0.2) is 0 Å². The molecule has 2 aliphatic rings. The first-order chi connectivity index (χ1) is 7.65. The van der Waals surface area contributed by atoms with E-state index in [9.17, 15) is 14.7 Å². The van der Waals surface area contributed by atoms with Crippen LogP contribution in [0.15, 0.2) is 0 Å². The highest BCUT2D eigenvalue weighted by atomic mass is 16.3. The molecule has 1 aliphatic heterocycles. The number of hydrogen-bond donors (Lipinski definition) is 3. The van der Waals surface area contributed by atoms with Crippen LogP contribution in [-0.4, -0.2) is 35.1 Å². The van der Waals surface area contributed by atoms with Gasteiger partial charge in [0.1, 0.15) is 6.04 Å². The van der Waals surface area contributed by atoms with E-state index in [1.807, 2.05) is 0 Å². The number of aliphatic hydroxyl groups is 1. The summed E-state index contributed by atoms with van der Waals surface area (Å²) >= 11 is 0. The van der Waals surface area contributed by atoms with Gasteiger partial charge in [-0.15, -0.1) is 0 Å². The molecule has 16 heavy (non-hydrogen) atoms. The Labute approximate surface area is 94.6 Å². The van der Waals surface area contributed by atoms with E-state index in [2.05, 4.69) is 10.6 Å². The highest BCUT2D eigenvalue weighted by Crippen LogP contribution is 2.29. The minimum atomic E-state index is -0.440. The molecule has 1 saturated carbocycles. The van der Waals surface area contributed by atoms with Gasteiger partial charge >= 0.3 is 0 Å². The highest BCUT2D eigenvalue weighted by molar-refractivity contribution is 5.91. The second kappa shape index (κ2) is 4.41. The van der Waals surface area contributed by atoms with Gasteiger partial charge in [-0.1, -0.05) is 12.8 Å². The lowest BCUT2D eigenvalue weighted by Crippen LogP contribution is -2.54. The van der Waals surface area contributed by atoms with Crippen LogP contribution in [0.5, 0.6) is 0 Å². The first-order valence-electron chi connectivity index (χ1n) is 5.87. The Morgan fingerprint density at radius 2 is 2.19 bits per heavy atom. The van der Waals surface area contributed by atoms with Gasteiger partial charge in [0.2, 0.25) is 11.8 Å². The molecule has 0 spiro atoms. The standard InChI is InChI=1S/C11H18N2O3/c14-7-11(5-1-2-6-11)13-10(16)8-3-4-9(15)12-8/h8,14H,1-7H2,(H,12,15)(H,13,16). The minimum Gasteiger partial charge on any atom is -0.394 e. The molecule has 0 bridgehead atoms. The summed E-state index contributed by atoms with van der Waals surface area (Å²) in [5.41, 5.74) is -0.440. The van der Waals surface area contributed by atoms with Gasteiger partial charge in [0.25, 0.3) is 0 Å². The number of hydrogen-bond acceptors (Lipinski definition) is 3. The fraction of sp³-hybridized carbons (Fsp3) is 0.818. The summed E-state index contributed by atoms with van der Waals surface area (Å²) in [6.45, 7) is -0.0145. The van der Waals surface area contributed by atoms with E-state index in [4.69, 9.17) is 0 Å². The average Bonchev–Trinajstić information content (AvgIpc) is 2.88. The summed E-state index contributed by atoms with van der Waals surface area (Å²) in [7, 11) is 0. The molecule has 1 atom stereocenters. The Balaban J connectivity index is 1.93. The van der Waals surface area contributed by atoms with E-state index >= 15 is 0 Å². The topological polar surface area (TPSA) is 78.4 Å². The third-order valence-electron chi connectivity index (χ3n) is 3.56. The third kappa shape index (κ3) is 2.19. The van der Waals surface area contributed by atoms with E-state index in [0.29, 0.717) is 12.8 Å². The van der Waals surface area contributed by atoms with Crippen molar-refractivity contribution in [3.8, 4) is 0 Å². The number of carbonyl (C=O) groups excluding carboxylic acids is 2. The maximum atomic E-state index is 11.9. The molecule has 0 aromatic heterocycles. The maximum Gasteiger partial charge on any atom is 0.243 e. The van der Waals surface area contributed by atoms with Crippen molar-refractivity contribution >= 4 is 11.8 Å². The van der Waals surface area contributed by atoms with Crippen LogP contribution in [0.1, 0.15) is 38.5 Å². The second-order valence-electron chi connectivity index (χ2n) is 4.79. The summed E-state index contributed by atoms with van der Waals surface area (Å²) in [5, 5.41) is 14.9. The first-order valence-corrected chi connectivity index (χ1v) is 5.87. The largest absolute Gasteiger partial charge is 0.394 e. The van der Waals surface area contributed by atoms with E-state index in [-0.39, 0.29) is 18.4 Å². The van der Waals surface area contributed by atoms with E-state index < -0.39 is 11.6 Å². The zero-order valence-electron chi connectivity index (χ0n) is 9.29. The predicted octanol–water partition coefficient (Wildman–Crippen LogP) is -0.314. The van der Waals surface area contributed by atoms with Crippen LogP contribution in [0.2, 0.25) is 0 Å². The molecule has 2 fully saturated rings. The van der Waals surface area contributed by atoms with Crippen molar-refractivity contribution in [2.75, 3.05) is 6.61 Å². The normalized spacial score (nSPS) is 27.8. The Morgan fingerprint density at radius 1 is 1.50 bits per heavy atom. The lowest BCUT2D eigenvalue weighted by Gasteiger charge is -2.29. The molecule has 3 N–H and O–H groups in total. The summed E-state index contributed by atoms with van der Waals surface area (Å²) < 4.78 is 0. The Bertz CT molecular complexity index is 298. The monoisotopic (exact) mass is 226 g/mol. The molecule has 0 aromatic rings. The van der Waals surface area contributed by atoms with E-state index in [1.54, 1.807) is 0 Å². The fourth-order valence-corrected chi connectivity index (χ4v) is 2.53. The van der Waals surface area contributed by atoms with Crippen molar-refractivity contribution in [2.24, 2.45) is 0 Å². The highest BCUT2D eigenvalue weighted by Gasteiger charge is 2.37. The zero-order valence-corrected chi connectivity index (χ0v) is 9.29. The van der Waals surface area contributed by atoms with Gasteiger partial charge in [0, 0.05) is 6.42 Å². The van der Waals surface area contributed by atoms with Gasteiger partial charge in [0.05, 0.1) is 12.1 Å². The molecule has 1 saturated heterocycles. The third-order valence-corrected chi connectivity index (χ3v) is 3.56. The fourth-order valence-electron chi connectivity index (χ4n) is 2.53. The van der Waals surface area contributed by atoms with Crippen LogP contribution in [-0.2, 0) is 9.59 Å².